The van der Waals surface area contributed by atoms with Crippen LogP contribution in [0.1, 0.15) is 25.5 Å². The lowest BCUT2D eigenvalue weighted by Crippen LogP contribution is -2.20. The minimum absolute atomic E-state index is 0.120. The number of hydrogen-bond donors (Lipinski definition) is 1. The van der Waals surface area contributed by atoms with Crippen LogP contribution in [-0.4, -0.2) is 34.6 Å². The number of carbonyl (C=O) groups excluding carboxylic acids is 1. The quantitative estimate of drug-likeness (QED) is 0.693. The number of ether oxygens (including phenoxy) is 2. The zero-order valence-corrected chi connectivity index (χ0v) is 15.5. The van der Waals surface area contributed by atoms with Crippen LogP contribution in [0, 0.1) is 0 Å². The summed E-state index contributed by atoms with van der Waals surface area (Å²) < 4.78 is 12.5. The Hall–Kier alpha value is -3.35. The predicted octanol–water partition coefficient (Wildman–Crippen LogP) is 3.42. The molecule has 140 valence electrons. The number of nitrogens with zero attached hydrogens (tertiary/aromatic N) is 3. The number of carbonyl (C=O) groups is 1. The maximum atomic E-state index is 12.2. The normalized spacial score (nSPS) is 10.7. The first-order valence-corrected chi connectivity index (χ1v) is 8.65. The summed E-state index contributed by atoms with van der Waals surface area (Å²) >= 11 is 0. The summed E-state index contributed by atoms with van der Waals surface area (Å²) in [5, 5.41) is 11.0. The summed E-state index contributed by atoms with van der Waals surface area (Å²) in [7, 11) is 1.56. The summed E-state index contributed by atoms with van der Waals surface area (Å²) in [6.07, 6.45) is 1.75. The molecule has 0 saturated carbocycles. The van der Waals surface area contributed by atoms with Crippen molar-refractivity contribution < 1.29 is 14.3 Å². The van der Waals surface area contributed by atoms with Crippen molar-refractivity contribution in [2.75, 3.05) is 19.0 Å². The Morgan fingerprint density at radius 2 is 1.93 bits per heavy atom. The standard InChI is InChI=1S/C20H22N4O3/c1-14(2)17-12-21-23-24(17)16-8-6-7-15(11-16)22-20(25)13-27-19-10-5-4-9-18(19)26-3/h4-12,14H,13H2,1-3H3,(H,22,25). The number of nitrogens with one attached hydrogen (secondary N) is 1. The van der Waals surface area contributed by atoms with Gasteiger partial charge in [0.1, 0.15) is 0 Å². The van der Waals surface area contributed by atoms with E-state index in [2.05, 4.69) is 29.5 Å². The van der Waals surface area contributed by atoms with Gasteiger partial charge in [0, 0.05) is 5.69 Å². The van der Waals surface area contributed by atoms with Crippen molar-refractivity contribution >= 4 is 11.6 Å². The molecule has 7 nitrogen and oxygen atoms in total. The molecule has 0 aliphatic carbocycles. The van der Waals surface area contributed by atoms with Gasteiger partial charge in [0.25, 0.3) is 5.91 Å². The predicted molar refractivity (Wildman–Crippen MR) is 103 cm³/mol. The molecule has 1 heterocycles. The number of benzene rings is 2. The highest BCUT2D eigenvalue weighted by Crippen LogP contribution is 2.25. The fourth-order valence-corrected chi connectivity index (χ4v) is 2.63. The topological polar surface area (TPSA) is 78.3 Å². The van der Waals surface area contributed by atoms with E-state index in [4.69, 9.17) is 9.47 Å². The fraction of sp³-hybridized carbons (Fsp3) is 0.250. The van der Waals surface area contributed by atoms with Crippen molar-refractivity contribution in [3.8, 4) is 17.2 Å². The van der Waals surface area contributed by atoms with E-state index in [1.165, 1.54) is 0 Å². The second-order valence-corrected chi connectivity index (χ2v) is 6.26. The second kappa shape index (κ2) is 8.35. The first kappa shape index (κ1) is 18.4. The molecule has 27 heavy (non-hydrogen) atoms. The van der Waals surface area contributed by atoms with Crippen LogP contribution in [0.2, 0.25) is 0 Å². The highest BCUT2D eigenvalue weighted by molar-refractivity contribution is 5.92. The van der Waals surface area contributed by atoms with Crippen LogP contribution in [0.4, 0.5) is 5.69 Å². The van der Waals surface area contributed by atoms with Crippen molar-refractivity contribution in [2.24, 2.45) is 0 Å². The fourth-order valence-electron chi connectivity index (χ4n) is 2.63. The van der Waals surface area contributed by atoms with Gasteiger partial charge in [0.05, 0.1) is 24.7 Å². The minimum Gasteiger partial charge on any atom is -0.493 e. The molecule has 0 atom stereocenters. The SMILES string of the molecule is COc1ccccc1OCC(=O)Nc1cccc(-n2nncc2C(C)C)c1. The van der Waals surface area contributed by atoms with Crippen LogP contribution in [0.5, 0.6) is 11.5 Å². The summed E-state index contributed by atoms with van der Waals surface area (Å²) in [4.78, 5) is 12.2. The summed E-state index contributed by atoms with van der Waals surface area (Å²) in [5.41, 5.74) is 2.49. The Balaban J connectivity index is 1.67. The van der Waals surface area contributed by atoms with E-state index in [9.17, 15) is 4.79 Å². The first-order valence-electron chi connectivity index (χ1n) is 8.65. The lowest BCUT2D eigenvalue weighted by Gasteiger charge is -2.12. The Morgan fingerprint density at radius 1 is 1.15 bits per heavy atom. The largest absolute Gasteiger partial charge is 0.493 e. The molecule has 7 heteroatoms. The lowest BCUT2D eigenvalue weighted by molar-refractivity contribution is -0.118. The van der Waals surface area contributed by atoms with E-state index in [-0.39, 0.29) is 18.4 Å². The van der Waals surface area contributed by atoms with Crippen molar-refractivity contribution in [2.45, 2.75) is 19.8 Å². The van der Waals surface area contributed by atoms with Crippen LogP contribution >= 0.6 is 0 Å². The van der Waals surface area contributed by atoms with Gasteiger partial charge in [-0.15, -0.1) is 5.10 Å². The lowest BCUT2D eigenvalue weighted by atomic mass is 10.1. The average molecular weight is 366 g/mol. The number of hydrogen-bond acceptors (Lipinski definition) is 5. The third-order valence-electron chi connectivity index (χ3n) is 3.97. The first-order chi connectivity index (χ1) is 13.1. The summed E-state index contributed by atoms with van der Waals surface area (Å²) in [5.74, 6) is 1.13. The number of methoxy groups -OCH3 is 1. The molecule has 0 bridgehead atoms. The van der Waals surface area contributed by atoms with Crippen molar-refractivity contribution in [3.63, 3.8) is 0 Å². The molecule has 1 aromatic heterocycles. The smallest absolute Gasteiger partial charge is 0.262 e. The summed E-state index contributed by atoms with van der Waals surface area (Å²) in [6.45, 7) is 4.04. The molecule has 1 amide bonds. The van der Waals surface area contributed by atoms with E-state index in [0.717, 1.165) is 11.4 Å². The average Bonchev–Trinajstić information content (AvgIpc) is 3.17. The van der Waals surface area contributed by atoms with Crippen LogP contribution in [0.3, 0.4) is 0 Å². The van der Waals surface area contributed by atoms with Crippen LogP contribution in [-0.2, 0) is 4.79 Å². The van der Waals surface area contributed by atoms with Crippen LogP contribution in [0.25, 0.3) is 5.69 Å². The summed E-state index contributed by atoms with van der Waals surface area (Å²) in [6, 6.07) is 14.6. The Morgan fingerprint density at radius 3 is 2.67 bits per heavy atom. The van der Waals surface area contributed by atoms with Gasteiger partial charge in [-0.25, -0.2) is 4.68 Å². The van der Waals surface area contributed by atoms with Crippen LogP contribution in [0.15, 0.2) is 54.7 Å². The van der Waals surface area contributed by atoms with E-state index < -0.39 is 0 Å². The number of para-hydroxylation sites is 2. The van der Waals surface area contributed by atoms with E-state index in [1.807, 2.05) is 36.4 Å². The van der Waals surface area contributed by atoms with Gasteiger partial charge in [-0.1, -0.05) is 37.3 Å². The Bertz CT molecular complexity index is 921. The molecule has 0 radical (unpaired) electrons. The number of amides is 1. The van der Waals surface area contributed by atoms with E-state index in [1.54, 1.807) is 30.1 Å². The monoisotopic (exact) mass is 366 g/mol. The molecule has 0 saturated heterocycles. The van der Waals surface area contributed by atoms with Gasteiger partial charge in [-0.2, -0.15) is 0 Å². The van der Waals surface area contributed by atoms with Gasteiger partial charge >= 0.3 is 0 Å². The molecular weight excluding hydrogens is 344 g/mol. The zero-order chi connectivity index (χ0) is 19.2. The molecule has 3 aromatic rings. The molecule has 0 aliphatic heterocycles. The molecule has 0 spiro atoms. The van der Waals surface area contributed by atoms with Gasteiger partial charge in [-0.3, -0.25) is 4.79 Å². The molecule has 3 rings (SSSR count). The number of aromatic nitrogens is 3. The maximum absolute atomic E-state index is 12.2. The Kier molecular flexibility index (Phi) is 5.71. The van der Waals surface area contributed by atoms with E-state index >= 15 is 0 Å². The van der Waals surface area contributed by atoms with Crippen LogP contribution < -0.4 is 14.8 Å². The molecule has 1 N–H and O–H groups in total. The third kappa shape index (κ3) is 4.44. The third-order valence-corrected chi connectivity index (χ3v) is 3.97. The minimum atomic E-state index is -0.263. The van der Waals surface area contributed by atoms with E-state index in [0.29, 0.717) is 17.2 Å². The second-order valence-electron chi connectivity index (χ2n) is 6.26. The van der Waals surface area contributed by atoms with Crippen molar-refractivity contribution in [1.82, 2.24) is 15.0 Å². The zero-order valence-electron chi connectivity index (χ0n) is 15.5. The highest BCUT2D eigenvalue weighted by atomic mass is 16.5. The van der Waals surface area contributed by atoms with Crippen molar-refractivity contribution in [1.29, 1.82) is 0 Å². The Labute approximate surface area is 157 Å². The van der Waals surface area contributed by atoms with Crippen molar-refractivity contribution in [3.05, 3.63) is 60.4 Å². The maximum Gasteiger partial charge on any atom is 0.262 e. The van der Waals surface area contributed by atoms with Gasteiger partial charge < -0.3 is 14.8 Å². The molecule has 0 fully saturated rings. The number of rotatable bonds is 7. The molecule has 2 aromatic carbocycles. The van der Waals surface area contributed by atoms with Gasteiger partial charge in [-0.05, 0) is 36.2 Å². The van der Waals surface area contributed by atoms with Gasteiger partial charge in [0.2, 0.25) is 0 Å². The molecule has 0 unspecified atom stereocenters. The number of anilines is 1. The van der Waals surface area contributed by atoms with Gasteiger partial charge in [0.15, 0.2) is 18.1 Å². The highest BCUT2D eigenvalue weighted by Gasteiger charge is 2.11. The molecular formula is C20H22N4O3. The molecule has 0 aliphatic rings.